The van der Waals surface area contributed by atoms with Gasteiger partial charge in [0.1, 0.15) is 5.78 Å². The van der Waals surface area contributed by atoms with Crippen molar-refractivity contribution in [3.63, 3.8) is 0 Å². The lowest BCUT2D eigenvalue weighted by molar-refractivity contribution is -0.125. The van der Waals surface area contributed by atoms with Gasteiger partial charge in [0.05, 0.1) is 0 Å². The molecule has 1 nitrogen and oxygen atoms in total. The number of Topliss-reactive ketones (excluding diaryl/α,β-unsaturated/α-hetero) is 1. The molecule has 3 aliphatic carbocycles. The van der Waals surface area contributed by atoms with Gasteiger partial charge in [0, 0.05) is 11.8 Å². The monoisotopic (exact) mass is 206 g/mol. The van der Waals surface area contributed by atoms with Crippen molar-refractivity contribution in [3.05, 3.63) is 0 Å². The van der Waals surface area contributed by atoms with E-state index in [2.05, 4.69) is 6.92 Å². The minimum Gasteiger partial charge on any atom is -0.299 e. The van der Waals surface area contributed by atoms with Crippen LogP contribution in [0.2, 0.25) is 0 Å². The fraction of sp³-hybridized carbons (Fsp3) is 0.929. The molecule has 3 saturated carbocycles. The molecule has 5 atom stereocenters. The summed E-state index contributed by atoms with van der Waals surface area (Å²) in [6.07, 6.45) is 9.11. The summed E-state index contributed by atoms with van der Waals surface area (Å²) in [5.74, 6) is 4.21. The molecule has 0 radical (unpaired) electrons. The molecule has 0 amide bonds. The van der Waals surface area contributed by atoms with E-state index in [1.54, 1.807) is 0 Å². The van der Waals surface area contributed by atoms with Gasteiger partial charge in [-0.2, -0.15) is 0 Å². The Kier molecular flexibility index (Phi) is 2.37. The Bertz CT molecular complexity index is 271. The number of hydrogen-bond donors (Lipinski definition) is 0. The third-order valence-electron chi connectivity index (χ3n) is 5.28. The molecule has 0 heterocycles. The molecular formula is C14H22O. The maximum Gasteiger partial charge on any atom is 0.139 e. The molecule has 84 valence electrons. The van der Waals surface area contributed by atoms with Crippen LogP contribution in [0.3, 0.4) is 0 Å². The quantitative estimate of drug-likeness (QED) is 0.691. The molecule has 3 rings (SSSR count). The highest BCUT2D eigenvalue weighted by Gasteiger charge is 2.55. The van der Waals surface area contributed by atoms with Crippen molar-refractivity contribution in [2.75, 3.05) is 0 Å². The van der Waals surface area contributed by atoms with E-state index >= 15 is 0 Å². The molecule has 0 spiro atoms. The van der Waals surface area contributed by atoms with Crippen LogP contribution in [-0.4, -0.2) is 5.78 Å². The molecule has 0 aromatic heterocycles. The van der Waals surface area contributed by atoms with Crippen LogP contribution in [0.1, 0.15) is 51.9 Å². The second-order valence-corrected chi connectivity index (χ2v) is 6.00. The number of hydrogen-bond acceptors (Lipinski definition) is 1. The van der Waals surface area contributed by atoms with E-state index in [9.17, 15) is 4.79 Å². The van der Waals surface area contributed by atoms with Crippen LogP contribution in [0, 0.1) is 29.6 Å². The van der Waals surface area contributed by atoms with Gasteiger partial charge in [0.15, 0.2) is 0 Å². The number of fused-ring (bicyclic) bond motifs is 5. The minimum atomic E-state index is 0.461. The normalized spacial score (nSPS) is 47.5. The Morgan fingerprint density at radius 3 is 2.73 bits per heavy atom. The average Bonchev–Trinajstić information content (AvgIpc) is 2.88. The number of carbonyl (C=O) groups is 1. The van der Waals surface area contributed by atoms with Crippen molar-refractivity contribution >= 4 is 5.78 Å². The van der Waals surface area contributed by atoms with Gasteiger partial charge in [0.2, 0.25) is 0 Å². The summed E-state index contributed by atoms with van der Waals surface area (Å²) in [6.45, 7) is 2.23. The van der Waals surface area contributed by atoms with E-state index in [0.717, 1.165) is 17.8 Å². The van der Waals surface area contributed by atoms with Crippen LogP contribution in [0.15, 0.2) is 0 Å². The first-order chi connectivity index (χ1) is 7.31. The first-order valence-corrected chi connectivity index (χ1v) is 6.85. The molecule has 2 bridgehead atoms. The summed E-state index contributed by atoms with van der Waals surface area (Å²) in [7, 11) is 0. The first-order valence-electron chi connectivity index (χ1n) is 6.85. The van der Waals surface area contributed by atoms with Crippen LogP contribution in [-0.2, 0) is 4.79 Å². The van der Waals surface area contributed by atoms with Crippen molar-refractivity contribution < 1.29 is 4.79 Å². The molecule has 0 N–H and O–H groups in total. The molecule has 3 fully saturated rings. The zero-order valence-corrected chi connectivity index (χ0v) is 9.74. The van der Waals surface area contributed by atoms with Gasteiger partial charge in [0.25, 0.3) is 0 Å². The molecule has 1 heteroatoms. The molecular weight excluding hydrogens is 184 g/mol. The third-order valence-corrected chi connectivity index (χ3v) is 5.28. The summed E-state index contributed by atoms with van der Waals surface area (Å²) in [5, 5.41) is 0. The molecule has 3 unspecified atom stereocenters. The molecule has 0 saturated heterocycles. The smallest absolute Gasteiger partial charge is 0.139 e. The van der Waals surface area contributed by atoms with Crippen molar-refractivity contribution in [2.45, 2.75) is 51.9 Å². The number of unbranched alkanes of at least 4 members (excludes halogenated alkanes) is 1. The molecule has 0 aromatic rings. The third kappa shape index (κ3) is 1.38. The minimum absolute atomic E-state index is 0.461. The predicted octanol–water partition coefficient (Wildman–Crippen LogP) is 3.43. The number of rotatable bonds is 3. The number of carbonyl (C=O) groups excluding carboxylic acids is 1. The lowest BCUT2D eigenvalue weighted by atomic mass is 9.81. The van der Waals surface area contributed by atoms with E-state index in [-0.39, 0.29) is 0 Å². The van der Waals surface area contributed by atoms with E-state index in [1.807, 2.05) is 0 Å². The van der Waals surface area contributed by atoms with Crippen molar-refractivity contribution in [1.29, 1.82) is 0 Å². The highest BCUT2D eigenvalue weighted by molar-refractivity contribution is 5.86. The standard InChI is InChI=1S/C14H22O/c1-2-3-4-11-8-12-9-5-6-10(7-9)13(12)14(11)15/h9-13H,2-8H2,1H3/t9-,10+,11?,12?,13?/m1/s1. The average molecular weight is 206 g/mol. The zero-order chi connectivity index (χ0) is 10.4. The second kappa shape index (κ2) is 3.61. The maximum atomic E-state index is 12.3. The van der Waals surface area contributed by atoms with Crippen molar-refractivity contribution in [2.24, 2.45) is 29.6 Å². The van der Waals surface area contributed by atoms with Crippen LogP contribution in [0.4, 0.5) is 0 Å². The van der Waals surface area contributed by atoms with Gasteiger partial charge in [-0.15, -0.1) is 0 Å². The molecule has 0 aliphatic heterocycles. The fourth-order valence-electron chi connectivity index (χ4n) is 4.62. The lowest BCUT2D eigenvalue weighted by Gasteiger charge is -2.22. The van der Waals surface area contributed by atoms with Crippen LogP contribution in [0.5, 0.6) is 0 Å². The highest BCUT2D eigenvalue weighted by atomic mass is 16.1. The van der Waals surface area contributed by atoms with E-state index in [0.29, 0.717) is 17.6 Å². The van der Waals surface area contributed by atoms with E-state index in [4.69, 9.17) is 0 Å². The lowest BCUT2D eigenvalue weighted by Crippen LogP contribution is -2.23. The Labute approximate surface area is 92.6 Å². The Morgan fingerprint density at radius 2 is 2.00 bits per heavy atom. The van der Waals surface area contributed by atoms with Crippen molar-refractivity contribution in [1.82, 2.24) is 0 Å². The molecule has 0 aromatic carbocycles. The van der Waals surface area contributed by atoms with E-state index in [1.165, 1.54) is 44.9 Å². The van der Waals surface area contributed by atoms with Crippen molar-refractivity contribution in [3.8, 4) is 0 Å². The highest BCUT2D eigenvalue weighted by Crippen LogP contribution is 2.59. The predicted molar refractivity (Wildman–Crippen MR) is 60.5 cm³/mol. The second-order valence-electron chi connectivity index (χ2n) is 6.00. The molecule has 15 heavy (non-hydrogen) atoms. The van der Waals surface area contributed by atoms with Gasteiger partial charge >= 0.3 is 0 Å². The summed E-state index contributed by atoms with van der Waals surface area (Å²) in [6, 6.07) is 0. The number of ketones is 1. The Hall–Kier alpha value is -0.330. The SMILES string of the molecule is CCCCC1CC2C(C1=O)[C@H]1CC[C@@H]2C1. The summed E-state index contributed by atoms with van der Waals surface area (Å²) in [4.78, 5) is 12.3. The largest absolute Gasteiger partial charge is 0.299 e. The fourth-order valence-corrected chi connectivity index (χ4v) is 4.62. The molecule has 3 aliphatic rings. The van der Waals surface area contributed by atoms with E-state index < -0.39 is 0 Å². The van der Waals surface area contributed by atoms with Gasteiger partial charge in [-0.05, 0) is 49.9 Å². The van der Waals surface area contributed by atoms with Gasteiger partial charge in [-0.1, -0.05) is 19.8 Å². The first kappa shape index (κ1) is 9.86. The van der Waals surface area contributed by atoms with Crippen LogP contribution in [0.25, 0.3) is 0 Å². The summed E-state index contributed by atoms with van der Waals surface area (Å²) < 4.78 is 0. The van der Waals surface area contributed by atoms with Gasteiger partial charge in [-0.25, -0.2) is 0 Å². The Balaban J connectivity index is 1.70. The topological polar surface area (TPSA) is 17.1 Å². The summed E-state index contributed by atoms with van der Waals surface area (Å²) >= 11 is 0. The zero-order valence-electron chi connectivity index (χ0n) is 9.74. The Morgan fingerprint density at radius 1 is 1.20 bits per heavy atom. The van der Waals surface area contributed by atoms with Gasteiger partial charge in [-0.3, -0.25) is 4.79 Å². The van der Waals surface area contributed by atoms with Crippen LogP contribution >= 0.6 is 0 Å². The maximum absolute atomic E-state index is 12.3. The van der Waals surface area contributed by atoms with Gasteiger partial charge < -0.3 is 0 Å². The van der Waals surface area contributed by atoms with Crippen LogP contribution < -0.4 is 0 Å². The summed E-state index contributed by atoms with van der Waals surface area (Å²) in [5.41, 5.74) is 0.